The van der Waals surface area contributed by atoms with Gasteiger partial charge in [-0.05, 0) is 6.42 Å². The van der Waals surface area contributed by atoms with Crippen LogP contribution in [0.1, 0.15) is 19.3 Å². The quantitative estimate of drug-likeness (QED) is 0.0313. The number of epoxide rings is 1. The molecular formula is C26H46N6O12S. The fourth-order valence-electron chi connectivity index (χ4n) is 3.29. The lowest BCUT2D eigenvalue weighted by molar-refractivity contribution is -0.142. The maximum absolute atomic E-state index is 12.1. The Kier molecular flexibility index (Phi) is 22.6. The Balaban J connectivity index is 1.94. The van der Waals surface area contributed by atoms with Crippen LogP contribution in [-0.2, 0) is 52.5 Å². The minimum absolute atomic E-state index is 0.0945. The normalized spacial score (nSPS) is 16.0. The van der Waals surface area contributed by atoms with E-state index in [1.165, 1.54) is 7.05 Å². The first-order valence-electron chi connectivity index (χ1n) is 14.5. The number of thioether (sulfide) groups is 1. The van der Waals surface area contributed by atoms with Crippen molar-refractivity contribution in [2.75, 3.05) is 91.8 Å². The SMILES string of the molecule is CNC(=O)CSC(=O)CCOCCOCCOCCOCCNC(=O)CCC(NC(=O)CNC1OC1CNC(=O)CN)C(=O)O. The number of ether oxygens (including phenoxy) is 5. The van der Waals surface area contributed by atoms with E-state index in [1.54, 1.807) is 0 Å². The number of carbonyl (C=O) groups is 6. The molecule has 3 atom stereocenters. The molecule has 0 aliphatic carbocycles. The number of nitrogens with one attached hydrogen (secondary N) is 5. The summed E-state index contributed by atoms with van der Waals surface area (Å²) < 4.78 is 26.7. The van der Waals surface area contributed by atoms with E-state index in [-0.39, 0.29) is 93.3 Å². The van der Waals surface area contributed by atoms with Crippen molar-refractivity contribution in [1.29, 1.82) is 0 Å². The zero-order chi connectivity index (χ0) is 33.3. The molecule has 1 fully saturated rings. The van der Waals surface area contributed by atoms with Gasteiger partial charge in [-0.3, -0.25) is 29.3 Å². The van der Waals surface area contributed by atoms with Crippen molar-refractivity contribution in [1.82, 2.24) is 26.6 Å². The van der Waals surface area contributed by atoms with Crippen LogP contribution in [0.2, 0.25) is 0 Å². The predicted octanol–water partition coefficient (Wildman–Crippen LogP) is -3.70. The molecule has 0 aromatic rings. The van der Waals surface area contributed by atoms with Gasteiger partial charge in [-0.25, -0.2) is 4.79 Å². The van der Waals surface area contributed by atoms with Gasteiger partial charge < -0.3 is 55.8 Å². The first-order chi connectivity index (χ1) is 21.7. The molecule has 0 saturated carbocycles. The van der Waals surface area contributed by atoms with Gasteiger partial charge in [0.05, 0.1) is 71.7 Å². The molecule has 45 heavy (non-hydrogen) atoms. The molecule has 8 N–H and O–H groups in total. The highest BCUT2D eigenvalue weighted by Gasteiger charge is 2.38. The second kappa shape index (κ2) is 25.3. The minimum atomic E-state index is -1.26. The lowest BCUT2D eigenvalue weighted by Crippen LogP contribution is -2.46. The van der Waals surface area contributed by atoms with E-state index < -0.39 is 24.1 Å². The molecule has 0 radical (unpaired) electrons. The predicted molar refractivity (Wildman–Crippen MR) is 160 cm³/mol. The number of carboxylic acids is 1. The summed E-state index contributed by atoms with van der Waals surface area (Å²) in [5.41, 5.74) is 5.19. The van der Waals surface area contributed by atoms with Crippen molar-refractivity contribution < 1.29 is 57.6 Å². The van der Waals surface area contributed by atoms with Gasteiger partial charge in [0.2, 0.25) is 23.6 Å². The highest BCUT2D eigenvalue weighted by atomic mass is 32.2. The smallest absolute Gasteiger partial charge is 0.326 e. The number of carbonyl (C=O) groups excluding carboxylic acids is 5. The Morgan fingerprint density at radius 3 is 2.04 bits per heavy atom. The standard InChI is InChI=1S/C26H46N6O12S/c1-28-23(36)17-45-24(37)4-6-40-8-10-42-12-13-43-11-9-41-7-5-29-20(33)3-2-18(26(38)39)32-22(35)16-31-25-19(44-25)15-30-21(34)14-27/h18-19,25,31H,2-17,27H2,1H3,(H,28,36)(H,29,33)(H,30,34)(H,32,35)(H,38,39). The largest absolute Gasteiger partial charge is 0.480 e. The van der Waals surface area contributed by atoms with Crippen molar-refractivity contribution in [2.24, 2.45) is 5.73 Å². The van der Waals surface area contributed by atoms with Crippen molar-refractivity contribution in [3.63, 3.8) is 0 Å². The molecule has 0 aromatic heterocycles. The Hall–Kier alpha value is -2.91. The molecule has 1 saturated heterocycles. The lowest BCUT2D eigenvalue weighted by Gasteiger charge is -2.14. The van der Waals surface area contributed by atoms with E-state index in [4.69, 9.17) is 29.4 Å². The van der Waals surface area contributed by atoms with Crippen molar-refractivity contribution in [3.8, 4) is 0 Å². The Labute approximate surface area is 265 Å². The van der Waals surface area contributed by atoms with Gasteiger partial charge in [0.25, 0.3) is 0 Å². The highest BCUT2D eigenvalue weighted by molar-refractivity contribution is 8.14. The summed E-state index contributed by atoms with van der Waals surface area (Å²) in [6.45, 7) is 2.67. The third kappa shape index (κ3) is 22.3. The third-order valence-corrected chi connectivity index (χ3v) is 6.74. The molecule has 1 aliphatic rings. The maximum atomic E-state index is 12.1. The van der Waals surface area contributed by atoms with Gasteiger partial charge in [-0.2, -0.15) is 0 Å². The van der Waals surface area contributed by atoms with E-state index in [0.29, 0.717) is 39.6 Å². The number of rotatable bonds is 28. The number of carboxylic acid groups (broad SMARTS) is 1. The van der Waals surface area contributed by atoms with E-state index in [0.717, 1.165) is 11.8 Å². The number of amides is 4. The van der Waals surface area contributed by atoms with E-state index in [2.05, 4.69) is 26.6 Å². The first-order valence-corrected chi connectivity index (χ1v) is 15.5. The van der Waals surface area contributed by atoms with Crippen LogP contribution in [0, 0.1) is 0 Å². The van der Waals surface area contributed by atoms with Crippen LogP contribution >= 0.6 is 11.8 Å². The van der Waals surface area contributed by atoms with Crippen molar-refractivity contribution >= 4 is 46.5 Å². The molecule has 19 heteroatoms. The summed E-state index contributed by atoms with van der Waals surface area (Å²) >= 11 is 0.956. The molecule has 0 bridgehead atoms. The Bertz CT molecular complexity index is 931. The zero-order valence-corrected chi connectivity index (χ0v) is 26.3. The van der Waals surface area contributed by atoms with Crippen LogP contribution in [0.4, 0.5) is 0 Å². The molecule has 4 amide bonds. The molecule has 0 spiro atoms. The molecule has 3 unspecified atom stereocenters. The molecular weight excluding hydrogens is 620 g/mol. The number of aliphatic carboxylic acids is 1. The average molecular weight is 667 g/mol. The summed E-state index contributed by atoms with van der Waals surface area (Å²) in [6, 6.07) is -1.24. The second-order valence-corrected chi connectivity index (χ2v) is 10.4. The summed E-state index contributed by atoms with van der Waals surface area (Å²) in [4.78, 5) is 69.4. The van der Waals surface area contributed by atoms with Gasteiger partial charge >= 0.3 is 5.97 Å². The Morgan fingerprint density at radius 2 is 1.44 bits per heavy atom. The first kappa shape index (κ1) is 40.1. The fourth-order valence-corrected chi connectivity index (χ4v) is 3.96. The van der Waals surface area contributed by atoms with Crippen molar-refractivity contribution in [2.45, 2.75) is 37.6 Å². The molecule has 18 nitrogen and oxygen atoms in total. The molecule has 1 aliphatic heterocycles. The third-order valence-electron chi connectivity index (χ3n) is 5.80. The molecule has 1 rings (SSSR count). The highest BCUT2D eigenvalue weighted by Crippen LogP contribution is 2.17. The van der Waals surface area contributed by atoms with E-state index in [1.807, 2.05) is 0 Å². The average Bonchev–Trinajstić information content (AvgIpc) is 3.79. The second-order valence-electron chi connectivity index (χ2n) is 9.36. The lowest BCUT2D eigenvalue weighted by atomic mass is 10.1. The van der Waals surface area contributed by atoms with Gasteiger partial charge in [-0.15, -0.1) is 0 Å². The number of hydrogen-bond donors (Lipinski definition) is 7. The topological polar surface area (TPSA) is 258 Å². The fraction of sp³-hybridized carbons (Fsp3) is 0.769. The van der Waals surface area contributed by atoms with Gasteiger partial charge in [0.1, 0.15) is 18.4 Å². The van der Waals surface area contributed by atoms with Gasteiger partial charge in [0, 0.05) is 33.0 Å². The van der Waals surface area contributed by atoms with Gasteiger partial charge in [0.15, 0.2) is 5.12 Å². The van der Waals surface area contributed by atoms with Crippen LogP contribution in [0.5, 0.6) is 0 Å². The van der Waals surface area contributed by atoms with E-state index in [9.17, 15) is 33.9 Å². The summed E-state index contributed by atoms with van der Waals surface area (Å²) in [6.07, 6.45) is -0.720. The van der Waals surface area contributed by atoms with Crippen LogP contribution in [0.3, 0.4) is 0 Å². The van der Waals surface area contributed by atoms with Crippen LogP contribution < -0.4 is 32.3 Å². The minimum Gasteiger partial charge on any atom is -0.480 e. The van der Waals surface area contributed by atoms with Crippen LogP contribution in [0.15, 0.2) is 0 Å². The van der Waals surface area contributed by atoms with Crippen LogP contribution in [0.25, 0.3) is 0 Å². The molecule has 258 valence electrons. The molecule has 1 heterocycles. The summed E-state index contributed by atoms with van der Waals surface area (Å²) in [5.74, 6) is -2.65. The maximum Gasteiger partial charge on any atom is 0.326 e. The summed E-state index contributed by atoms with van der Waals surface area (Å²) in [7, 11) is 1.51. The number of nitrogens with two attached hydrogens (primary N) is 1. The van der Waals surface area contributed by atoms with Gasteiger partial charge in [-0.1, -0.05) is 11.8 Å². The Morgan fingerprint density at radius 1 is 0.822 bits per heavy atom. The van der Waals surface area contributed by atoms with E-state index >= 15 is 0 Å². The zero-order valence-electron chi connectivity index (χ0n) is 25.5. The molecule has 0 aromatic carbocycles. The van der Waals surface area contributed by atoms with Crippen LogP contribution in [-0.4, -0.2) is 150 Å². The summed E-state index contributed by atoms with van der Waals surface area (Å²) in [5, 5.41) is 22.0. The van der Waals surface area contributed by atoms with Crippen molar-refractivity contribution in [3.05, 3.63) is 0 Å². The monoisotopic (exact) mass is 666 g/mol. The number of hydrogen-bond acceptors (Lipinski definition) is 14.